The largest absolute Gasteiger partial charge is 0.328 e. The van der Waals surface area contributed by atoms with Crippen LogP contribution < -0.4 is 5.73 Å². The van der Waals surface area contributed by atoms with Crippen molar-refractivity contribution in [2.45, 2.75) is 38.5 Å². The molecule has 0 fully saturated rings. The summed E-state index contributed by atoms with van der Waals surface area (Å²) >= 11 is 6.13. The number of nitrogens with zero attached hydrogens (tertiary/aromatic N) is 2. The summed E-state index contributed by atoms with van der Waals surface area (Å²) in [5, 5.41) is 4.67. The third-order valence-electron chi connectivity index (χ3n) is 2.74. The molecule has 0 radical (unpaired) electrons. The van der Waals surface area contributed by atoms with Gasteiger partial charge in [0.25, 0.3) is 0 Å². The van der Waals surface area contributed by atoms with Crippen molar-refractivity contribution in [3.8, 4) is 0 Å². The first-order valence-electron chi connectivity index (χ1n) is 5.93. The maximum absolute atomic E-state index is 12.0. The van der Waals surface area contributed by atoms with Crippen molar-refractivity contribution < 1.29 is 8.42 Å². The maximum Gasteiger partial charge on any atom is 0.156 e. The number of hydrogen-bond acceptors (Lipinski definition) is 4. The molecule has 0 spiro atoms. The predicted octanol–water partition coefficient (Wildman–Crippen LogP) is 1.29. The lowest BCUT2D eigenvalue weighted by molar-refractivity contribution is 0.583. The fourth-order valence-electron chi connectivity index (χ4n) is 1.62. The normalized spacial score (nSPS) is 13.8. The van der Waals surface area contributed by atoms with Crippen LogP contribution in [0.3, 0.4) is 0 Å². The molecule has 0 aromatic carbocycles. The van der Waals surface area contributed by atoms with Gasteiger partial charge in [-0.25, -0.2) is 8.42 Å². The number of aromatic nitrogens is 2. The van der Waals surface area contributed by atoms with Crippen molar-refractivity contribution in [1.29, 1.82) is 0 Å². The van der Waals surface area contributed by atoms with E-state index in [2.05, 4.69) is 5.10 Å². The number of halogens is 1. The number of sulfone groups is 1. The van der Waals surface area contributed by atoms with Crippen molar-refractivity contribution in [3.63, 3.8) is 0 Å². The highest BCUT2D eigenvalue weighted by molar-refractivity contribution is 7.90. The minimum atomic E-state index is -3.19. The second kappa shape index (κ2) is 6.04. The molecule has 0 aliphatic heterocycles. The second-order valence-electron chi connectivity index (χ2n) is 4.54. The lowest BCUT2D eigenvalue weighted by Crippen LogP contribution is -2.21. The first-order chi connectivity index (χ1) is 8.26. The Bertz CT molecular complexity index is 509. The standard InChI is InChI=1S/C11H20ClN3O2S/c1-4-9-11(12)10(15(3)14-9)7-18(16,17)6-5-8(2)13/h8H,4-7,13H2,1-3H3. The summed E-state index contributed by atoms with van der Waals surface area (Å²) in [6.45, 7) is 3.73. The third kappa shape index (κ3) is 3.96. The van der Waals surface area contributed by atoms with Crippen LogP contribution in [-0.2, 0) is 29.1 Å². The maximum atomic E-state index is 12.0. The Hall–Kier alpha value is -0.590. The summed E-state index contributed by atoms with van der Waals surface area (Å²) in [7, 11) is -1.49. The van der Waals surface area contributed by atoms with Gasteiger partial charge in [-0.2, -0.15) is 5.10 Å². The molecule has 104 valence electrons. The minimum absolute atomic E-state index is 0.0770. The van der Waals surface area contributed by atoms with E-state index in [-0.39, 0.29) is 17.5 Å². The SMILES string of the molecule is CCc1nn(C)c(CS(=O)(=O)CCC(C)N)c1Cl. The van der Waals surface area contributed by atoms with E-state index >= 15 is 0 Å². The summed E-state index contributed by atoms with van der Waals surface area (Å²) in [5.74, 6) is -0.00428. The van der Waals surface area contributed by atoms with Crippen molar-refractivity contribution in [1.82, 2.24) is 9.78 Å². The average Bonchev–Trinajstić information content (AvgIpc) is 2.54. The van der Waals surface area contributed by atoms with E-state index in [1.807, 2.05) is 6.92 Å². The Labute approximate surface area is 113 Å². The molecule has 0 aliphatic rings. The molecule has 0 aliphatic carbocycles. The lowest BCUT2D eigenvalue weighted by Gasteiger charge is -2.07. The van der Waals surface area contributed by atoms with E-state index in [4.69, 9.17) is 17.3 Å². The summed E-state index contributed by atoms with van der Waals surface area (Å²) in [4.78, 5) is 0. The predicted molar refractivity (Wildman–Crippen MR) is 73.4 cm³/mol. The Morgan fingerprint density at radius 2 is 2.11 bits per heavy atom. The number of aryl methyl sites for hydroxylation is 2. The Balaban J connectivity index is 2.87. The molecule has 1 aromatic heterocycles. The summed E-state index contributed by atoms with van der Waals surface area (Å²) in [5.41, 5.74) is 6.86. The van der Waals surface area contributed by atoms with Gasteiger partial charge < -0.3 is 5.73 Å². The number of rotatable bonds is 6. The van der Waals surface area contributed by atoms with Crippen LogP contribution >= 0.6 is 11.6 Å². The topological polar surface area (TPSA) is 78.0 Å². The fourth-order valence-corrected chi connectivity index (χ4v) is 3.69. The van der Waals surface area contributed by atoms with E-state index in [0.29, 0.717) is 23.6 Å². The second-order valence-corrected chi connectivity index (χ2v) is 7.10. The Morgan fingerprint density at radius 3 is 2.56 bits per heavy atom. The molecule has 0 saturated heterocycles. The van der Waals surface area contributed by atoms with E-state index in [0.717, 1.165) is 5.69 Å². The molecular weight excluding hydrogens is 274 g/mol. The number of nitrogens with two attached hydrogens (primary N) is 1. The van der Waals surface area contributed by atoms with Gasteiger partial charge in [-0.3, -0.25) is 4.68 Å². The zero-order valence-electron chi connectivity index (χ0n) is 11.0. The lowest BCUT2D eigenvalue weighted by atomic mass is 10.3. The molecule has 0 amide bonds. The average molecular weight is 294 g/mol. The molecular formula is C11H20ClN3O2S. The van der Waals surface area contributed by atoms with E-state index in [9.17, 15) is 8.42 Å². The summed E-state index contributed by atoms with van der Waals surface area (Å²) in [6.07, 6.45) is 1.14. The zero-order valence-corrected chi connectivity index (χ0v) is 12.6. The molecule has 7 heteroatoms. The zero-order chi connectivity index (χ0) is 13.9. The van der Waals surface area contributed by atoms with Crippen LogP contribution in [0.1, 0.15) is 31.7 Å². The van der Waals surface area contributed by atoms with Crippen LogP contribution in [0.5, 0.6) is 0 Å². The first kappa shape index (κ1) is 15.5. The van der Waals surface area contributed by atoms with Gasteiger partial charge in [0, 0.05) is 13.1 Å². The van der Waals surface area contributed by atoms with Crippen LogP contribution in [0.4, 0.5) is 0 Å². The van der Waals surface area contributed by atoms with E-state index < -0.39 is 9.84 Å². The smallest absolute Gasteiger partial charge is 0.156 e. The van der Waals surface area contributed by atoms with Gasteiger partial charge in [0.05, 0.1) is 27.9 Å². The highest BCUT2D eigenvalue weighted by Gasteiger charge is 2.20. The number of hydrogen-bond donors (Lipinski definition) is 1. The van der Waals surface area contributed by atoms with Crippen molar-refractivity contribution >= 4 is 21.4 Å². The Kier molecular flexibility index (Phi) is 5.19. The van der Waals surface area contributed by atoms with E-state index in [1.165, 1.54) is 0 Å². The molecule has 1 atom stereocenters. The summed E-state index contributed by atoms with van der Waals surface area (Å²) < 4.78 is 25.4. The molecule has 18 heavy (non-hydrogen) atoms. The monoisotopic (exact) mass is 293 g/mol. The van der Waals surface area contributed by atoms with Gasteiger partial charge in [-0.15, -0.1) is 0 Å². The van der Waals surface area contributed by atoms with Crippen LogP contribution in [0.25, 0.3) is 0 Å². The van der Waals surface area contributed by atoms with Gasteiger partial charge in [0.15, 0.2) is 9.84 Å². The molecule has 1 rings (SSSR count). The molecule has 2 N–H and O–H groups in total. The van der Waals surface area contributed by atoms with Crippen molar-refractivity contribution in [2.24, 2.45) is 12.8 Å². The fraction of sp³-hybridized carbons (Fsp3) is 0.727. The molecule has 5 nitrogen and oxygen atoms in total. The van der Waals surface area contributed by atoms with Gasteiger partial charge in [0.1, 0.15) is 0 Å². The Morgan fingerprint density at radius 1 is 1.50 bits per heavy atom. The highest BCUT2D eigenvalue weighted by atomic mass is 35.5. The molecule has 1 aromatic rings. The first-order valence-corrected chi connectivity index (χ1v) is 8.13. The molecule has 0 saturated carbocycles. The van der Waals surface area contributed by atoms with Crippen molar-refractivity contribution in [3.05, 3.63) is 16.4 Å². The van der Waals surface area contributed by atoms with Gasteiger partial charge in [0.2, 0.25) is 0 Å². The summed E-state index contributed by atoms with van der Waals surface area (Å²) in [6, 6.07) is -0.118. The van der Waals surface area contributed by atoms with Crippen LogP contribution in [-0.4, -0.2) is 30.0 Å². The van der Waals surface area contributed by atoms with Gasteiger partial charge >= 0.3 is 0 Å². The van der Waals surface area contributed by atoms with E-state index in [1.54, 1.807) is 18.7 Å². The van der Waals surface area contributed by atoms with Gasteiger partial charge in [-0.05, 0) is 19.8 Å². The minimum Gasteiger partial charge on any atom is -0.328 e. The van der Waals surface area contributed by atoms with Gasteiger partial charge in [-0.1, -0.05) is 18.5 Å². The van der Waals surface area contributed by atoms with Crippen molar-refractivity contribution in [2.75, 3.05) is 5.75 Å². The van der Waals surface area contributed by atoms with Crippen LogP contribution in [0.2, 0.25) is 5.02 Å². The molecule has 0 bridgehead atoms. The highest BCUT2D eigenvalue weighted by Crippen LogP contribution is 2.23. The molecule has 1 heterocycles. The quantitative estimate of drug-likeness (QED) is 0.857. The molecule has 1 unspecified atom stereocenters. The van der Waals surface area contributed by atoms with Crippen LogP contribution in [0, 0.1) is 0 Å². The van der Waals surface area contributed by atoms with Crippen LogP contribution in [0.15, 0.2) is 0 Å². The third-order valence-corrected chi connectivity index (χ3v) is 4.75.